The number of hydrogen-bond donors (Lipinski definition) is 3. The Hall–Kier alpha value is -2.83. The molecule has 2 aromatic rings. The van der Waals surface area contributed by atoms with Gasteiger partial charge in [0.1, 0.15) is 0 Å². The largest absolute Gasteiger partial charge is 0.478 e. The molecule has 2 heterocycles. The van der Waals surface area contributed by atoms with Gasteiger partial charge in [-0.25, -0.2) is 4.79 Å². The normalized spacial score (nSPS) is 20.8. The zero-order valence-electron chi connectivity index (χ0n) is 18.1. The molecule has 0 aliphatic carbocycles. The van der Waals surface area contributed by atoms with E-state index in [1.165, 1.54) is 5.57 Å². The number of nitrogens with zero attached hydrogens (tertiary/aromatic N) is 1. The number of nitrogens with two attached hydrogens (primary N) is 1. The summed E-state index contributed by atoms with van der Waals surface area (Å²) in [6.07, 6.45) is 1.51. The summed E-state index contributed by atoms with van der Waals surface area (Å²) in [5.41, 5.74) is 10.4. The monoisotopic (exact) mass is 453 g/mol. The van der Waals surface area contributed by atoms with Crippen LogP contribution >= 0.6 is 11.6 Å². The molecular weight excluding hydrogens is 426 g/mol. The molecule has 0 radical (unpaired) electrons. The molecule has 1 amide bonds. The second kappa shape index (κ2) is 9.35. The molecule has 2 aliphatic rings. The molecule has 0 fully saturated rings. The quantitative estimate of drug-likeness (QED) is 0.593. The third-order valence-electron chi connectivity index (χ3n) is 6.53. The zero-order chi connectivity index (χ0) is 22.8. The summed E-state index contributed by atoms with van der Waals surface area (Å²) in [7, 11) is 0. The highest BCUT2D eigenvalue weighted by molar-refractivity contribution is 6.30. The second-order valence-corrected chi connectivity index (χ2v) is 8.88. The van der Waals surface area contributed by atoms with Crippen LogP contribution in [0.3, 0.4) is 0 Å². The second-order valence-electron chi connectivity index (χ2n) is 8.44. The van der Waals surface area contributed by atoms with Gasteiger partial charge in [0.05, 0.1) is 18.0 Å². The molecule has 6 nitrogen and oxygen atoms in total. The van der Waals surface area contributed by atoms with Crippen LogP contribution in [0.25, 0.3) is 0 Å². The van der Waals surface area contributed by atoms with Crippen molar-refractivity contribution in [3.63, 3.8) is 0 Å². The van der Waals surface area contributed by atoms with E-state index >= 15 is 0 Å². The van der Waals surface area contributed by atoms with Gasteiger partial charge < -0.3 is 21.1 Å². The van der Waals surface area contributed by atoms with Gasteiger partial charge in [0, 0.05) is 29.2 Å². The van der Waals surface area contributed by atoms with Crippen LogP contribution in [0.1, 0.15) is 53.1 Å². The number of aromatic carboxylic acids is 1. The summed E-state index contributed by atoms with van der Waals surface area (Å²) in [5.74, 6) is -1.03. The van der Waals surface area contributed by atoms with Crippen molar-refractivity contribution in [3.05, 3.63) is 81.5 Å². The van der Waals surface area contributed by atoms with Gasteiger partial charge >= 0.3 is 5.97 Å². The number of carbonyl (C=O) groups is 2. The molecule has 7 heteroatoms. The Bertz CT molecular complexity index is 1030. The lowest BCUT2D eigenvalue weighted by molar-refractivity contribution is -0.131. The van der Waals surface area contributed by atoms with Crippen LogP contribution < -0.4 is 11.1 Å². The van der Waals surface area contributed by atoms with Crippen molar-refractivity contribution in [2.24, 2.45) is 5.73 Å². The molecule has 0 spiro atoms. The maximum atomic E-state index is 13.5. The van der Waals surface area contributed by atoms with Crippen LogP contribution in [0.15, 0.2) is 59.8 Å². The molecule has 2 aromatic carbocycles. The third-order valence-corrected chi connectivity index (χ3v) is 6.78. The van der Waals surface area contributed by atoms with Crippen molar-refractivity contribution >= 4 is 23.5 Å². The van der Waals surface area contributed by atoms with Gasteiger partial charge in [-0.15, -0.1) is 0 Å². The van der Waals surface area contributed by atoms with E-state index in [0.717, 1.165) is 23.2 Å². The van der Waals surface area contributed by atoms with E-state index in [1.54, 1.807) is 24.3 Å². The minimum Gasteiger partial charge on any atom is -0.478 e. The van der Waals surface area contributed by atoms with E-state index in [-0.39, 0.29) is 29.3 Å². The summed E-state index contributed by atoms with van der Waals surface area (Å²) in [6, 6.07) is 14.7. The lowest BCUT2D eigenvalue weighted by atomic mass is 9.85. The molecule has 4 rings (SSSR count). The molecule has 0 saturated heterocycles. The van der Waals surface area contributed by atoms with Crippen molar-refractivity contribution in [1.82, 2.24) is 10.2 Å². The lowest BCUT2D eigenvalue weighted by Gasteiger charge is -2.29. The Labute approximate surface area is 193 Å². The van der Waals surface area contributed by atoms with E-state index in [9.17, 15) is 14.7 Å². The summed E-state index contributed by atoms with van der Waals surface area (Å²) in [4.78, 5) is 26.6. The number of carboxylic acids is 1. The fraction of sp³-hybridized carbons (Fsp3) is 0.360. The van der Waals surface area contributed by atoms with Crippen LogP contribution in [-0.2, 0) is 4.79 Å². The maximum absolute atomic E-state index is 13.5. The lowest BCUT2D eigenvalue weighted by Crippen LogP contribution is -2.39. The average molecular weight is 454 g/mol. The molecule has 3 atom stereocenters. The first-order valence-electron chi connectivity index (χ1n) is 11.0. The number of benzene rings is 2. The van der Waals surface area contributed by atoms with Crippen molar-refractivity contribution in [2.75, 3.05) is 19.6 Å². The van der Waals surface area contributed by atoms with Crippen LogP contribution in [0.4, 0.5) is 0 Å². The van der Waals surface area contributed by atoms with E-state index < -0.39 is 5.97 Å². The zero-order valence-corrected chi connectivity index (χ0v) is 18.8. The molecule has 168 valence electrons. The van der Waals surface area contributed by atoms with Gasteiger partial charge in [-0.05, 0) is 60.4 Å². The highest BCUT2D eigenvalue weighted by Gasteiger charge is 2.41. The molecule has 2 aliphatic heterocycles. The summed E-state index contributed by atoms with van der Waals surface area (Å²) < 4.78 is 0. The third kappa shape index (κ3) is 4.25. The predicted octanol–water partition coefficient (Wildman–Crippen LogP) is 3.73. The van der Waals surface area contributed by atoms with Gasteiger partial charge in [0.2, 0.25) is 5.91 Å². The summed E-state index contributed by atoms with van der Waals surface area (Å²) >= 11 is 6.03. The molecule has 0 bridgehead atoms. The van der Waals surface area contributed by atoms with Crippen LogP contribution in [0.2, 0.25) is 5.02 Å². The molecule has 0 aromatic heterocycles. The van der Waals surface area contributed by atoms with Gasteiger partial charge in [0.25, 0.3) is 0 Å². The minimum absolute atomic E-state index is 0.0713. The molecule has 4 N–H and O–H groups in total. The van der Waals surface area contributed by atoms with E-state index in [4.69, 9.17) is 17.3 Å². The molecular formula is C25H28ClN3O3. The fourth-order valence-corrected chi connectivity index (χ4v) is 5.02. The van der Waals surface area contributed by atoms with E-state index in [2.05, 4.69) is 12.2 Å². The highest BCUT2D eigenvalue weighted by Crippen LogP contribution is 2.41. The van der Waals surface area contributed by atoms with Gasteiger partial charge in [-0.1, -0.05) is 42.8 Å². The molecule has 32 heavy (non-hydrogen) atoms. The Kier molecular flexibility index (Phi) is 6.53. The standard InChI is InChI=1S/C25H28ClN3O3/c1-2-21-23(16-3-5-17(6-4-16)25(31)32)20-13-29(14-22(20)28-21)24(30)19(11-12-27)15-7-9-18(26)10-8-15/h3-10,19,21,23,28H,2,11-14,27H2,1H3,(H,31,32). The van der Waals surface area contributed by atoms with Crippen molar-refractivity contribution in [1.29, 1.82) is 0 Å². The Morgan fingerprint density at radius 1 is 1.16 bits per heavy atom. The number of amides is 1. The van der Waals surface area contributed by atoms with Gasteiger partial charge in [0.15, 0.2) is 0 Å². The number of halogens is 1. The topological polar surface area (TPSA) is 95.7 Å². The van der Waals surface area contributed by atoms with Gasteiger partial charge in [-0.3, -0.25) is 4.79 Å². The Morgan fingerprint density at radius 2 is 1.84 bits per heavy atom. The van der Waals surface area contributed by atoms with Crippen LogP contribution in [0.5, 0.6) is 0 Å². The summed E-state index contributed by atoms with van der Waals surface area (Å²) in [5, 5.41) is 13.5. The first-order chi connectivity index (χ1) is 15.4. The predicted molar refractivity (Wildman–Crippen MR) is 125 cm³/mol. The molecule has 0 saturated carbocycles. The minimum atomic E-state index is -0.932. The smallest absolute Gasteiger partial charge is 0.335 e. The fourth-order valence-electron chi connectivity index (χ4n) is 4.90. The van der Waals surface area contributed by atoms with Crippen LogP contribution in [-0.4, -0.2) is 47.6 Å². The number of nitrogens with one attached hydrogen (secondary N) is 1. The number of carbonyl (C=O) groups excluding carboxylic acids is 1. The number of hydrogen-bond acceptors (Lipinski definition) is 4. The SMILES string of the molecule is CCC1NC2=C(CN(C(=O)C(CCN)c3ccc(Cl)cc3)C2)C1c1ccc(C(=O)O)cc1. The summed E-state index contributed by atoms with van der Waals surface area (Å²) in [6.45, 7) is 3.69. The van der Waals surface area contributed by atoms with E-state index in [0.29, 0.717) is 31.1 Å². The first-order valence-corrected chi connectivity index (χ1v) is 11.4. The number of rotatable bonds is 7. The van der Waals surface area contributed by atoms with Crippen molar-refractivity contribution < 1.29 is 14.7 Å². The first kappa shape index (κ1) is 22.4. The number of carboxylic acid groups (broad SMARTS) is 1. The maximum Gasteiger partial charge on any atom is 0.335 e. The van der Waals surface area contributed by atoms with Crippen molar-refractivity contribution in [3.8, 4) is 0 Å². The molecule has 3 unspecified atom stereocenters. The van der Waals surface area contributed by atoms with Gasteiger partial charge in [-0.2, -0.15) is 0 Å². The Morgan fingerprint density at radius 3 is 2.44 bits per heavy atom. The Balaban J connectivity index is 1.55. The van der Waals surface area contributed by atoms with E-state index in [1.807, 2.05) is 29.2 Å². The average Bonchev–Trinajstić information content (AvgIpc) is 3.35. The highest BCUT2D eigenvalue weighted by atomic mass is 35.5. The van der Waals surface area contributed by atoms with Crippen LogP contribution in [0, 0.1) is 0 Å². The van der Waals surface area contributed by atoms with Crippen molar-refractivity contribution in [2.45, 2.75) is 37.6 Å².